The number of aryl methyl sites for hydroxylation is 1. The lowest BCUT2D eigenvalue weighted by atomic mass is 10.0. The van der Waals surface area contributed by atoms with Crippen LogP contribution in [0.25, 0.3) is 22.3 Å². The average Bonchev–Trinajstić information content (AvgIpc) is 3.57. The summed E-state index contributed by atoms with van der Waals surface area (Å²) in [6, 6.07) is 4.48. The molecule has 1 aliphatic heterocycles. The van der Waals surface area contributed by atoms with Gasteiger partial charge in [0.05, 0.1) is 17.7 Å². The van der Waals surface area contributed by atoms with Gasteiger partial charge in [0.2, 0.25) is 0 Å². The van der Waals surface area contributed by atoms with Gasteiger partial charge < -0.3 is 20.4 Å². The fourth-order valence-corrected chi connectivity index (χ4v) is 4.31. The normalized spacial score (nSPS) is 16.5. The summed E-state index contributed by atoms with van der Waals surface area (Å²) in [5, 5.41) is 6.39. The number of benzene rings is 1. The summed E-state index contributed by atoms with van der Waals surface area (Å²) in [4.78, 5) is 25.1. The van der Waals surface area contributed by atoms with Gasteiger partial charge in [-0.1, -0.05) is 0 Å². The Bertz CT molecular complexity index is 1180. The van der Waals surface area contributed by atoms with Gasteiger partial charge in [0.1, 0.15) is 23.3 Å². The van der Waals surface area contributed by atoms with Crippen LogP contribution in [-0.2, 0) is 0 Å². The van der Waals surface area contributed by atoms with Gasteiger partial charge in [-0.15, -0.1) is 12.4 Å². The van der Waals surface area contributed by atoms with E-state index in [1.807, 2.05) is 6.92 Å². The first kappa shape index (κ1) is 24.3. The molecule has 0 unspecified atom stereocenters. The summed E-state index contributed by atoms with van der Waals surface area (Å²) in [6.07, 6.45) is 2.73. The number of alkyl halides is 2. The summed E-state index contributed by atoms with van der Waals surface area (Å²) in [6.45, 7) is 4.09. The van der Waals surface area contributed by atoms with Gasteiger partial charge in [-0.05, 0) is 69.8 Å². The number of hydrogen-bond acceptors (Lipinski definition) is 5. The number of ether oxygens (including phenoxy) is 1. The lowest BCUT2D eigenvalue weighted by Gasteiger charge is -2.23. The zero-order valence-corrected chi connectivity index (χ0v) is 19.7. The molecule has 2 fully saturated rings. The highest BCUT2D eigenvalue weighted by Crippen LogP contribution is 2.38. The fourth-order valence-electron chi connectivity index (χ4n) is 4.31. The van der Waals surface area contributed by atoms with Crippen LogP contribution in [0.3, 0.4) is 0 Å². The number of carbonyl (C=O) groups is 1. The van der Waals surface area contributed by atoms with Crippen LogP contribution in [0, 0.1) is 12.8 Å². The number of fused-ring (bicyclic) bond motifs is 1. The average molecular weight is 492 g/mol. The van der Waals surface area contributed by atoms with Crippen molar-refractivity contribution in [2.75, 3.05) is 19.7 Å². The minimum Gasteiger partial charge on any atom is -0.493 e. The summed E-state index contributed by atoms with van der Waals surface area (Å²) >= 11 is 0. The predicted octanol–water partition coefficient (Wildman–Crippen LogP) is 4.56. The number of halogens is 3. The van der Waals surface area contributed by atoms with Crippen molar-refractivity contribution < 1.29 is 18.3 Å². The van der Waals surface area contributed by atoms with Gasteiger partial charge in [0.15, 0.2) is 0 Å². The van der Waals surface area contributed by atoms with Crippen LogP contribution < -0.4 is 15.4 Å². The summed E-state index contributed by atoms with van der Waals surface area (Å²) < 4.78 is 33.0. The van der Waals surface area contributed by atoms with Crippen molar-refractivity contribution in [1.82, 2.24) is 25.6 Å². The molecule has 5 rings (SSSR count). The number of rotatable bonds is 7. The molecule has 0 radical (unpaired) electrons. The minimum atomic E-state index is -2.62. The van der Waals surface area contributed by atoms with Gasteiger partial charge in [0.25, 0.3) is 12.3 Å². The first-order chi connectivity index (χ1) is 16.0. The summed E-state index contributed by atoms with van der Waals surface area (Å²) in [7, 11) is 0. The number of H-pyrrole nitrogens is 1. The van der Waals surface area contributed by atoms with E-state index in [0.717, 1.165) is 38.8 Å². The Morgan fingerprint density at radius 3 is 2.68 bits per heavy atom. The van der Waals surface area contributed by atoms with Crippen LogP contribution in [-0.4, -0.2) is 46.6 Å². The van der Waals surface area contributed by atoms with Crippen molar-refractivity contribution in [3.63, 3.8) is 0 Å². The molecule has 0 bridgehead atoms. The zero-order valence-electron chi connectivity index (χ0n) is 18.9. The van der Waals surface area contributed by atoms with Crippen LogP contribution >= 0.6 is 12.4 Å². The monoisotopic (exact) mass is 491 g/mol. The van der Waals surface area contributed by atoms with Crippen molar-refractivity contribution in [2.24, 2.45) is 5.92 Å². The van der Waals surface area contributed by atoms with Gasteiger partial charge in [-0.2, -0.15) is 0 Å². The van der Waals surface area contributed by atoms with E-state index in [9.17, 15) is 13.6 Å². The van der Waals surface area contributed by atoms with Gasteiger partial charge >= 0.3 is 0 Å². The Hall–Kier alpha value is -2.78. The quantitative estimate of drug-likeness (QED) is 0.450. The topological polar surface area (TPSA) is 91.9 Å². The van der Waals surface area contributed by atoms with Gasteiger partial charge in [0, 0.05) is 22.9 Å². The Morgan fingerprint density at radius 1 is 1.21 bits per heavy atom. The van der Waals surface area contributed by atoms with Gasteiger partial charge in [-0.3, -0.25) is 4.79 Å². The first-order valence-electron chi connectivity index (χ1n) is 11.4. The van der Waals surface area contributed by atoms with E-state index in [0.29, 0.717) is 51.8 Å². The van der Waals surface area contributed by atoms with Crippen molar-refractivity contribution in [1.29, 1.82) is 0 Å². The molecule has 7 nitrogen and oxygen atoms in total. The second-order valence-corrected chi connectivity index (χ2v) is 8.88. The predicted molar refractivity (Wildman–Crippen MR) is 128 cm³/mol. The van der Waals surface area contributed by atoms with E-state index < -0.39 is 6.43 Å². The highest BCUT2D eigenvalue weighted by molar-refractivity contribution is 6.09. The molecule has 3 N–H and O–H groups in total. The van der Waals surface area contributed by atoms with Crippen LogP contribution in [0.1, 0.15) is 53.7 Å². The highest BCUT2D eigenvalue weighted by atomic mass is 35.5. The van der Waals surface area contributed by atoms with Crippen molar-refractivity contribution in [3.8, 4) is 17.0 Å². The molecule has 3 heterocycles. The van der Waals surface area contributed by atoms with Crippen LogP contribution in [0.5, 0.6) is 5.75 Å². The van der Waals surface area contributed by atoms with Crippen molar-refractivity contribution in [3.05, 3.63) is 41.3 Å². The number of piperidine rings is 1. The van der Waals surface area contributed by atoms with E-state index in [1.54, 1.807) is 6.07 Å². The third-order valence-corrected chi connectivity index (χ3v) is 6.36. The lowest BCUT2D eigenvalue weighted by Crippen LogP contribution is -2.42. The molecular formula is C24H28ClF2N5O2. The van der Waals surface area contributed by atoms with E-state index >= 15 is 0 Å². The van der Waals surface area contributed by atoms with E-state index in [-0.39, 0.29) is 29.9 Å². The molecule has 1 amide bonds. The second-order valence-electron chi connectivity index (χ2n) is 8.88. The van der Waals surface area contributed by atoms with Crippen LogP contribution in [0.2, 0.25) is 0 Å². The molecule has 0 spiro atoms. The molecule has 2 aromatic heterocycles. The van der Waals surface area contributed by atoms with Crippen LogP contribution in [0.15, 0.2) is 24.5 Å². The number of amides is 1. The third-order valence-electron chi connectivity index (χ3n) is 6.36. The molecule has 3 aromatic rings. The minimum absolute atomic E-state index is 0. The second kappa shape index (κ2) is 10.2. The number of aromatic amines is 1. The standard InChI is InChI=1S/C24H27F2N5O2.ClH/c1-13-19(24(32)31-16-6-8-27-9-7-16)21-22(30-13)20(28-12-29-21)17-10-15(23(25)26)4-5-18(17)33-11-14-2-3-14;/h4-5,10,12,14,16,23,27,30H,2-3,6-9,11H2,1H3,(H,31,32);1H. The molecule has 1 saturated carbocycles. The van der Waals surface area contributed by atoms with Gasteiger partial charge in [-0.25, -0.2) is 18.7 Å². The Kier molecular flexibility index (Phi) is 7.33. The molecule has 0 atom stereocenters. The van der Waals surface area contributed by atoms with E-state index in [4.69, 9.17) is 4.74 Å². The number of hydrogen-bond donors (Lipinski definition) is 3. The first-order valence-corrected chi connectivity index (χ1v) is 11.4. The molecular weight excluding hydrogens is 464 g/mol. The molecule has 10 heteroatoms. The zero-order chi connectivity index (χ0) is 22.9. The number of nitrogens with zero attached hydrogens (tertiary/aromatic N) is 2. The maximum absolute atomic E-state index is 13.5. The summed E-state index contributed by atoms with van der Waals surface area (Å²) in [5.74, 6) is 0.817. The number of aromatic nitrogens is 3. The molecule has 1 aliphatic carbocycles. The molecule has 1 aromatic carbocycles. The molecule has 182 valence electrons. The molecule has 2 aliphatic rings. The fraction of sp³-hybridized carbons (Fsp3) is 0.458. The maximum Gasteiger partial charge on any atom is 0.263 e. The van der Waals surface area contributed by atoms with E-state index in [2.05, 4.69) is 25.6 Å². The van der Waals surface area contributed by atoms with Crippen LogP contribution in [0.4, 0.5) is 8.78 Å². The van der Waals surface area contributed by atoms with Crippen molar-refractivity contribution in [2.45, 2.75) is 45.1 Å². The maximum atomic E-state index is 13.5. The Morgan fingerprint density at radius 2 is 1.97 bits per heavy atom. The largest absolute Gasteiger partial charge is 0.493 e. The highest BCUT2D eigenvalue weighted by Gasteiger charge is 2.26. The smallest absolute Gasteiger partial charge is 0.263 e. The lowest BCUT2D eigenvalue weighted by molar-refractivity contribution is 0.0930. The Labute approximate surface area is 202 Å². The van der Waals surface area contributed by atoms with E-state index in [1.165, 1.54) is 18.5 Å². The SMILES string of the molecule is Cc1[nH]c2c(-c3cc(C(F)F)ccc3OCC3CC3)ncnc2c1C(=O)NC1CCNCC1.Cl. The molecule has 1 saturated heterocycles. The molecule has 34 heavy (non-hydrogen) atoms. The number of carbonyl (C=O) groups excluding carboxylic acids is 1. The Balaban J connectivity index is 0.00000274. The summed E-state index contributed by atoms with van der Waals surface area (Å²) in [5.41, 5.74) is 2.92. The van der Waals surface area contributed by atoms with Crippen molar-refractivity contribution >= 4 is 29.3 Å². The third kappa shape index (κ3) is 5.00. The number of nitrogens with one attached hydrogen (secondary N) is 3.